The fourth-order valence-electron chi connectivity index (χ4n) is 2.44. The molecule has 0 saturated carbocycles. The smallest absolute Gasteiger partial charge is 0.352 e. The van der Waals surface area contributed by atoms with Crippen molar-refractivity contribution in [1.29, 1.82) is 0 Å². The summed E-state index contributed by atoms with van der Waals surface area (Å²) in [5.41, 5.74) is 5.98. The van der Waals surface area contributed by atoms with Crippen LogP contribution in [-0.4, -0.2) is 40.0 Å². The van der Waals surface area contributed by atoms with Crippen LogP contribution in [0.5, 0.6) is 0 Å². The van der Waals surface area contributed by atoms with Gasteiger partial charge in [0.25, 0.3) is 0 Å². The van der Waals surface area contributed by atoms with Crippen molar-refractivity contribution < 1.29 is 23.9 Å². The summed E-state index contributed by atoms with van der Waals surface area (Å²) in [5.74, 6) is -0.248. The summed E-state index contributed by atoms with van der Waals surface area (Å²) in [7, 11) is -4.35. The van der Waals surface area contributed by atoms with E-state index in [2.05, 4.69) is 5.32 Å². The monoisotopic (exact) mass is 354 g/mol. The Morgan fingerprint density at radius 1 is 1.43 bits per heavy atom. The van der Waals surface area contributed by atoms with E-state index < -0.39 is 25.8 Å². The van der Waals surface area contributed by atoms with Crippen LogP contribution in [0.15, 0.2) is 11.4 Å². The van der Waals surface area contributed by atoms with Gasteiger partial charge in [-0.25, -0.2) is 0 Å². The van der Waals surface area contributed by atoms with Crippen LogP contribution in [0, 0.1) is 0 Å². The van der Waals surface area contributed by atoms with Crippen molar-refractivity contribution in [2.75, 3.05) is 0 Å². The van der Waals surface area contributed by atoms with Crippen molar-refractivity contribution in [2.45, 2.75) is 64.3 Å². The maximum Gasteiger partial charge on any atom is 0.352 e. The molecule has 23 heavy (non-hydrogen) atoms. The predicted molar refractivity (Wildman–Crippen MR) is 89.6 cm³/mol. The van der Waals surface area contributed by atoms with Crippen LogP contribution in [0.25, 0.3) is 0 Å². The third-order valence-corrected chi connectivity index (χ3v) is 4.70. The van der Waals surface area contributed by atoms with E-state index in [1.165, 1.54) is 13.0 Å². The molecule has 0 bridgehead atoms. The van der Waals surface area contributed by atoms with Gasteiger partial charge in [0.1, 0.15) is 0 Å². The fourth-order valence-corrected chi connectivity index (χ4v) is 3.23. The number of amides is 1. The Labute approximate surface area is 137 Å². The van der Waals surface area contributed by atoms with E-state index in [0.717, 1.165) is 12.8 Å². The first-order valence-electron chi connectivity index (χ1n) is 7.13. The van der Waals surface area contributed by atoms with Crippen LogP contribution in [0.2, 0.25) is 0 Å². The number of rotatable bonds is 6. The van der Waals surface area contributed by atoms with Crippen LogP contribution < -0.4 is 23.4 Å². The van der Waals surface area contributed by atoms with Gasteiger partial charge >= 0.3 is 7.60 Å². The molecule has 0 aromatic rings. The minimum atomic E-state index is -4.35. The second-order valence-corrected chi connectivity index (χ2v) is 7.00. The predicted octanol–water partition coefficient (Wildman–Crippen LogP) is 1.18. The molecule has 9 nitrogen and oxygen atoms in total. The maximum absolute atomic E-state index is 11.5. The maximum atomic E-state index is 11.5. The molecule has 0 aromatic heterocycles. The summed E-state index contributed by atoms with van der Waals surface area (Å²) in [5, 5.41) is 2.70. The highest BCUT2D eigenvalue weighted by Gasteiger charge is 2.38. The molecule has 1 aliphatic rings. The van der Waals surface area contributed by atoms with E-state index in [-0.39, 0.29) is 36.0 Å². The topological polar surface area (TPSA) is 192 Å². The van der Waals surface area contributed by atoms with Gasteiger partial charge in [0.2, 0.25) is 5.91 Å². The fraction of sp³-hybridized carbons (Fsp3) is 0.769. The molecule has 1 amide bonds. The molecule has 0 saturated heterocycles. The number of carbonyl (C=O) groups excluding carboxylic acids is 1. The molecule has 0 radical (unpaired) electrons. The summed E-state index contributed by atoms with van der Waals surface area (Å²) in [6.07, 6.45) is 2.32. The first-order valence-corrected chi connectivity index (χ1v) is 8.75. The van der Waals surface area contributed by atoms with Gasteiger partial charge in [-0.1, -0.05) is 13.8 Å². The minimum Gasteiger partial charge on any atom is -0.369 e. The van der Waals surface area contributed by atoms with Crippen LogP contribution in [0.1, 0.15) is 40.0 Å². The molecule has 1 rings (SSSR count). The van der Waals surface area contributed by atoms with Crippen molar-refractivity contribution >= 4 is 13.5 Å². The molecular formula is C13H31N4O5P. The number of carbonyl (C=O) groups is 1. The van der Waals surface area contributed by atoms with Gasteiger partial charge in [-0.2, -0.15) is 0 Å². The second kappa shape index (κ2) is 10.1. The van der Waals surface area contributed by atoms with Gasteiger partial charge in [-0.05, 0) is 25.3 Å². The SMILES string of the molecule is CCC(CC)O[C@@H]1C=C(P(=O)(O)O)C[C@H](N)[C@H]1NC(C)=O.N.N. The Hall–Kier alpha value is -0.800. The molecular weight excluding hydrogens is 323 g/mol. The molecule has 0 fully saturated rings. The van der Waals surface area contributed by atoms with Crippen molar-refractivity contribution in [3.63, 3.8) is 0 Å². The van der Waals surface area contributed by atoms with Crippen molar-refractivity contribution in [2.24, 2.45) is 5.73 Å². The molecule has 10 heteroatoms. The van der Waals surface area contributed by atoms with E-state index in [4.69, 9.17) is 10.5 Å². The van der Waals surface area contributed by atoms with Crippen LogP contribution in [-0.2, 0) is 14.1 Å². The highest BCUT2D eigenvalue weighted by molar-refractivity contribution is 7.56. The van der Waals surface area contributed by atoms with Crippen LogP contribution in [0.4, 0.5) is 0 Å². The standard InChI is InChI=1S/C13H25N2O5P.2H3N/c1-4-9(5-2)20-12-7-10(21(17,18)19)6-11(14)13(12)15-8(3)16;;/h7,9,11-13H,4-6,14H2,1-3H3,(H,15,16)(H2,17,18,19);2*1H3/t11-,12+,13+;;/m0../s1. The Kier molecular flexibility index (Phi) is 10.8. The summed E-state index contributed by atoms with van der Waals surface area (Å²) in [6, 6.07) is -1.08. The number of nitrogens with one attached hydrogen (secondary N) is 1. The lowest BCUT2D eigenvalue weighted by Crippen LogP contribution is -2.56. The first kappa shape index (κ1) is 24.5. The zero-order valence-electron chi connectivity index (χ0n) is 14.1. The lowest BCUT2D eigenvalue weighted by atomic mass is 9.93. The Balaban J connectivity index is 0. The van der Waals surface area contributed by atoms with Crippen molar-refractivity contribution in [3.05, 3.63) is 11.4 Å². The quantitative estimate of drug-likeness (QED) is 0.383. The number of hydrogen-bond acceptors (Lipinski definition) is 6. The molecule has 0 heterocycles. The normalized spacial score (nSPS) is 24.3. The number of ether oxygens (including phenoxy) is 1. The zero-order valence-corrected chi connectivity index (χ0v) is 15.0. The molecule has 0 spiro atoms. The molecule has 11 N–H and O–H groups in total. The lowest BCUT2D eigenvalue weighted by molar-refractivity contribution is -0.121. The van der Waals surface area contributed by atoms with Gasteiger partial charge in [0.15, 0.2) is 0 Å². The second-order valence-electron chi connectivity index (χ2n) is 5.34. The van der Waals surface area contributed by atoms with Gasteiger partial charge in [0.05, 0.1) is 18.2 Å². The summed E-state index contributed by atoms with van der Waals surface area (Å²) >= 11 is 0. The number of hydrogen-bond donors (Lipinski definition) is 6. The van der Waals surface area contributed by atoms with Crippen molar-refractivity contribution in [1.82, 2.24) is 17.6 Å². The highest BCUT2D eigenvalue weighted by Crippen LogP contribution is 2.49. The van der Waals surface area contributed by atoms with E-state index >= 15 is 0 Å². The molecule has 0 unspecified atom stereocenters. The van der Waals surface area contributed by atoms with E-state index in [0.29, 0.717) is 0 Å². The average Bonchev–Trinajstić information content (AvgIpc) is 2.37. The van der Waals surface area contributed by atoms with Crippen LogP contribution in [0.3, 0.4) is 0 Å². The molecule has 138 valence electrons. The van der Waals surface area contributed by atoms with E-state index in [9.17, 15) is 19.1 Å². The molecule has 0 aliphatic heterocycles. The zero-order chi connectivity index (χ0) is 16.2. The van der Waals surface area contributed by atoms with Gasteiger partial charge in [-0.3, -0.25) is 9.36 Å². The Bertz CT molecular complexity index is 450. The van der Waals surface area contributed by atoms with Crippen molar-refractivity contribution in [3.8, 4) is 0 Å². The van der Waals surface area contributed by atoms with E-state index in [1.54, 1.807) is 0 Å². The highest BCUT2D eigenvalue weighted by atomic mass is 31.2. The number of nitrogens with two attached hydrogens (primary N) is 1. The summed E-state index contributed by atoms with van der Waals surface area (Å²) in [6.45, 7) is 5.32. The van der Waals surface area contributed by atoms with Crippen LogP contribution >= 0.6 is 7.60 Å². The molecule has 0 aromatic carbocycles. The summed E-state index contributed by atoms with van der Waals surface area (Å²) in [4.78, 5) is 30.0. The first-order chi connectivity index (χ1) is 9.68. The van der Waals surface area contributed by atoms with E-state index in [1.807, 2.05) is 13.8 Å². The Morgan fingerprint density at radius 3 is 2.35 bits per heavy atom. The Morgan fingerprint density at radius 2 is 1.96 bits per heavy atom. The van der Waals surface area contributed by atoms with Gasteiger partial charge < -0.3 is 37.9 Å². The van der Waals surface area contributed by atoms with Gasteiger partial charge in [0, 0.05) is 18.3 Å². The largest absolute Gasteiger partial charge is 0.369 e. The lowest BCUT2D eigenvalue weighted by Gasteiger charge is -2.37. The summed E-state index contributed by atoms with van der Waals surface area (Å²) < 4.78 is 17.3. The minimum absolute atomic E-state index is 0. The third kappa shape index (κ3) is 7.09. The third-order valence-electron chi connectivity index (χ3n) is 3.62. The molecule has 1 aliphatic carbocycles. The molecule has 3 atom stereocenters. The van der Waals surface area contributed by atoms with Gasteiger partial charge in [-0.15, -0.1) is 0 Å². The average molecular weight is 354 g/mol.